The van der Waals surface area contributed by atoms with Gasteiger partial charge in [-0.2, -0.15) is 0 Å². The van der Waals surface area contributed by atoms with E-state index in [9.17, 15) is 13.9 Å². The van der Waals surface area contributed by atoms with Gasteiger partial charge in [-0.05, 0) is 12.1 Å². The van der Waals surface area contributed by atoms with Gasteiger partial charge in [0, 0.05) is 13.1 Å². The van der Waals surface area contributed by atoms with E-state index in [-0.39, 0.29) is 13.1 Å². The molecule has 3 N–H and O–H groups in total. The number of alkyl halides is 2. The Hall–Kier alpha value is -0.980. The van der Waals surface area contributed by atoms with Crippen LogP contribution in [0.25, 0.3) is 0 Å². The van der Waals surface area contributed by atoms with Gasteiger partial charge in [0.2, 0.25) is 0 Å². The average Bonchev–Trinajstić information content (AvgIpc) is 2.70. The van der Waals surface area contributed by atoms with E-state index in [1.54, 1.807) is 12.1 Å². The number of nitrogens with one attached hydrogen (secondary N) is 1. The first-order chi connectivity index (χ1) is 7.11. The molecule has 0 saturated carbocycles. The second-order valence-electron chi connectivity index (χ2n) is 3.09. The smallest absolute Gasteiger partial charge is 0.265 e. The van der Waals surface area contributed by atoms with Crippen molar-refractivity contribution in [1.29, 1.82) is 0 Å². The second kappa shape index (κ2) is 5.79. The van der Waals surface area contributed by atoms with E-state index in [0.29, 0.717) is 5.76 Å². The second-order valence-corrected chi connectivity index (χ2v) is 3.09. The fourth-order valence-electron chi connectivity index (χ4n) is 1.04. The summed E-state index contributed by atoms with van der Waals surface area (Å²) >= 11 is 0. The van der Waals surface area contributed by atoms with Gasteiger partial charge in [-0.3, -0.25) is 0 Å². The SMILES string of the molecule is OC(CNCC(O)C(F)F)c1ccco1. The van der Waals surface area contributed by atoms with Gasteiger partial charge in [-0.25, -0.2) is 8.78 Å². The van der Waals surface area contributed by atoms with Crippen LogP contribution < -0.4 is 5.32 Å². The van der Waals surface area contributed by atoms with Crippen LogP contribution in [0.2, 0.25) is 0 Å². The van der Waals surface area contributed by atoms with E-state index in [2.05, 4.69) is 5.32 Å². The number of rotatable bonds is 6. The molecule has 0 radical (unpaired) electrons. The van der Waals surface area contributed by atoms with Crippen LogP contribution in [-0.4, -0.2) is 35.8 Å². The molecule has 0 saturated heterocycles. The Morgan fingerprint density at radius 1 is 1.33 bits per heavy atom. The van der Waals surface area contributed by atoms with E-state index in [0.717, 1.165) is 0 Å². The largest absolute Gasteiger partial charge is 0.467 e. The van der Waals surface area contributed by atoms with Gasteiger partial charge in [0.15, 0.2) is 0 Å². The fraction of sp³-hybridized carbons (Fsp3) is 0.556. The Bertz CT molecular complexity index is 266. The van der Waals surface area contributed by atoms with Gasteiger partial charge >= 0.3 is 0 Å². The summed E-state index contributed by atoms with van der Waals surface area (Å²) in [5.74, 6) is 0.356. The van der Waals surface area contributed by atoms with Gasteiger partial charge in [0.05, 0.1) is 6.26 Å². The highest BCUT2D eigenvalue weighted by molar-refractivity contribution is 5.02. The predicted molar refractivity (Wildman–Crippen MR) is 48.5 cm³/mol. The first-order valence-corrected chi connectivity index (χ1v) is 4.49. The van der Waals surface area contributed by atoms with Crippen LogP contribution in [0.5, 0.6) is 0 Å². The van der Waals surface area contributed by atoms with E-state index in [4.69, 9.17) is 9.52 Å². The summed E-state index contributed by atoms with van der Waals surface area (Å²) in [6.45, 7) is -0.216. The molecular weight excluding hydrogens is 208 g/mol. The molecule has 0 fully saturated rings. The van der Waals surface area contributed by atoms with Gasteiger partial charge in [-0.15, -0.1) is 0 Å². The third kappa shape index (κ3) is 3.94. The molecule has 0 bridgehead atoms. The molecule has 1 rings (SSSR count). The number of furan rings is 1. The van der Waals surface area contributed by atoms with Gasteiger partial charge < -0.3 is 19.9 Å². The molecule has 6 heteroatoms. The zero-order valence-corrected chi connectivity index (χ0v) is 7.94. The first-order valence-electron chi connectivity index (χ1n) is 4.49. The maximum absolute atomic E-state index is 11.9. The minimum absolute atomic E-state index is 0.0529. The normalized spacial score (nSPS) is 15.5. The molecule has 1 aromatic rings. The molecule has 0 spiro atoms. The van der Waals surface area contributed by atoms with Gasteiger partial charge in [-0.1, -0.05) is 0 Å². The van der Waals surface area contributed by atoms with Crippen molar-refractivity contribution in [3.8, 4) is 0 Å². The third-order valence-electron chi connectivity index (χ3n) is 1.85. The number of hydrogen-bond donors (Lipinski definition) is 3. The quantitative estimate of drug-likeness (QED) is 0.655. The van der Waals surface area contributed by atoms with Crippen LogP contribution >= 0.6 is 0 Å². The topological polar surface area (TPSA) is 65.6 Å². The molecule has 1 heterocycles. The van der Waals surface area contributed by atoms with Crippen molar-refractivity contribution in [2.75, 3.05) is 13.1 Å². The Balaban J connectivity index is 2.21. The molecular formula is C9H13F2NO3. The standard InChI is InChI=1S/C9H13F2NO3/c10-9(11)7(14)5-12-4-6(13)8-2-1-3-15-8/h1-3,6-7,9,12-14H,4-5H2. The van der Waals surface area contributed by atoms with Gasteiger partial charge in [0.25, 0.3) is 6.43 Å². The average molecular weight is 221 g/mol. The molecule has 1 aromatic heterocycles. The Labute approximate surface area is 85.5 Å². The van der Waals surface area contributed by atoms with E-state index >= 15 is 0 Å². The molecule has 0 aliphatic heterocycles. The van der Waals surface area contributed by atoms with Crippen LogP contribution in [0.3, 0.4) is 0 Å². The lowest BCUT2D eigenvalue weighted by Crippen LogP contribution is -2.34. The zero-order chi connectivity index (χ0) is 11.3. The van der Waals surface area contributed by atoms with Crippen molar-refractivity contribution in [2.45, 2.75) is 18.6 Å². The van der Waals surface area contributed by atoms with E-state index < -0.39 is 18.6 Å². The Morgan fingerprint density at radius 3 is 2.60 bits per heavy atom. The van der Waals surface area contributed by atoms with Crippen LogP contribution in [0, 0.1) is 0 Å². The summed E-state index contributed by atoms with van der Waals surface area (Å²) in [5.41, 5.74) is 0. The first kappa shape index (κ1) is 12.1. The van der Waals surface area contributed by atoms with Crippen molar-refractivity contribution in [1.82, 2.24) is 5.32 Å². The van der Waals surface area contributed by atoms with Crippen LogP contribution in [0.15, 0.2) is 22.8 Å². The number of hydrogen-bond acceptors (Lipinski definition) is 4. The highest BCUT2D eigenvalue weighted by Gasteiger charge is 2.17. The van der Waals surface area contributed by atoms with Crippen molar-refractivity contribution < 1.29 is 23.4 Å². The maximum atomic E-state index is 11.9. The minimum atomic E-state index is -2.78. The summed E-state index contributed by atoms with van der Waals surface area (Å²) < 4.78 is 28.6. The van der Waals surface area contributed by atoms with Crippen LogP contribution in [0.4, 0.5) is 8.78 Å². The van der Waals surface area contributed by atoms with E-state index in [1.165, 1.54) is 6.26 Å². The molecule has 2 atom stereocenters. The minimum Gasteiger partial charge on any atom is -0.467 e. The van der Waals surface area contributed by atoms with Crippen LogP contribution in [0.1, 0.15) is 11.9 Å². The highest BCUT2D eigenvalue weighted by atomic mass is 19.3. The fourth-order valence-corrected chi connectivity index (χ4v) is 1.04. The molecule has 15 heavy (non-hydrogen) atoms. The van der Waals surface area contributed by atoms with Crippen LogP contribution in [-0.2, 0) is 0 Å². The lowest BCUT2D eigenvalue weighted by atomic mass is 10.2. The lowest BCUT2D eigenvalue weighted by Gasteiger charge is -2.12. The summed E-state index contributed by atoms with van der Waals surface area (Å²) in [6, 6.07) is 3.20. The number of aliphatic hydroxyl groups is 2. The summed E-state index contributed by atoms with van der Waals surface area (Å²) in [7, 11) is 0. The summed E-state index contributed by atoms with van der Waals surface area (Å²) in [4.78, 5) is 0. The Kier molecular flexibility index (Phi) is 4.67. The third-order valence-corrected chi connectivity index (χ3v) is 1.85. The number of halogens is 2. The Morgan fingerprint density at radius 2 is 2.07 bits per heavy atom. The molecule has 0 amide bonds. The molecule has 86 valence electrons. The summed E-state index contributed by atoms with van der Waals surface area (Å²) in [6.07, 6.45) is -3.98. The zero-order valence-electron chi connectivity index (χ0n) is 7.94. The van der Waals surface area contributed by atoms with E-state index in [1.807, 2.05) is 0 Å². The monoisotopic (exact) mass is 221 g/mol. The molecule has 0 aliphatic rings. The molecule has 0 aromatic carbocycles. The van der Waals surface area contributed by atoms with Gasteiger partial charge in [0.1, 0.15) is 18.0 Å². The van der Waals surface area contributed by atoms with Crippen molar-refractivity contribution in [2.24, 2.45) is 0 Å². The molecule has 0 aliphatic carbocycles. The van der Waals surface area contributed by atoms with Crippen molar-refractivity contribution >= 4 is 0 Å². The maximum Gasteiger partial charge on any atom is 0.265 e. The number of aliphatic hydroxyl groups excluding tert-OH is 2. The van der Waals surface area contributed by atoms with Crippen molar-refractivity contribution in [3.05, 3.63) is 24.2 Å². The summed E-state index contributed by atoms with van der Waals surface area (Å²) in [5, 5.41) is 20.7. The lowest BCUT2D eigenvalue weighted by molar-refractivity contribution is -0.00491. The predicted octanol–water partition coefficient (Wildman–Crippen LogP) is 0.529. The van der Waals surface area contributed by atoms with Crippen molar-refractivity contribution in [3.63, 3.8) is 0 Å². The molecule has 4 nitrogen and oxygen atoms in total. The molecule has 2 unspecified atom stereocenters. The highest BCUT2D eigenvalue weighted by Crippen LogP contribution is 2.11.